The second kappa shape index (κ2) is 6.98. The first-order valence-electron chi connectivity index (χ1n) is 7.40. The van der Waals surface area contributed by atoms with Crippen LogP contribution in [0.5, 0.6) is 5.75 Å². The molecule has 0 heterocycles. The molecule has 22 heavy (non-hydrogen) atoms. The molecule has 0 fully saturated rings. The van der Waals surface area contributed by atoms with Crippen molar-refractivity contribution in [2.75, 3.05) is 11.1 Å². The van der Waals surface area contributed by atoms with Crippen molar-refractivity contribution in [3.63, 3.8) is 0 Å². The lowest BCUT2D eigenvalue weighted by atomic mass is 10.1. The van der Waals surface area contributed by atoms with Crippen LogP contribution < -0.4 is 15.8 Å². The number of amides is 1. The van der Waals surface area contributed by atoms with Gasteiger partial charge < -0.3 is 15.8 Å². The maximum Gasteiger partial charge on any atom is 0.265 e. The van der Waals surface area contributed by atoms with Crippen molar-refractivity contribution in [2.24, 2.45) is 0 Å². The molecule has 1 atom stereocenters. The van der Waals surface area contributed by atoms with Gasteiger partial charge in [0.05, 0.1) is 0 Å². The fraction of sp³-hybridized carbons (Fsp3) is 0.278. The van der Waals surface area contributed by atoms with Gasteiger partial charge in [0, 0.05) is 11.4 Å². The third-order valence-electron chi connectivity index (χ3n) is 3.48. The maximum absolute atomic E-state index is 12.4. The quantitative estimate of drug-likeness (QED) is 0.828. The molecule has 2 rings (SSSR count). The summed E-state index contributed by atoms with van der Waals surface area (Å²) in [5.74, 6) is 0.522. The van der Waals surface area contributed by atoms with Gasteiger partial charge >= 0.3 is 0 Å². The lowest BCUT2D eigenvalue weighted by Crippen LogP contribution is -2.32. The minimum absolute atomic E-state index is 0.170. The Morgan fingerprint density at radius 1 is 1.18 bits per heavy atom. The summed E-state index contributed by atoms with van der Waals surface area (Å²) in [5.41, 5.74) is 9.22. The molecule has 4 heteroatoms. The second-order valence-corrected chi connectivity index (χ2v) is 5.39. The molecule has 3 N–H and O–H groups in total. The van der Waals surface area contributed by atoms with E-state index in [1.807, 2.05) is 57.2 Å². The summed E-state index contributed by atoms with van der Waals surface area (Å²) in [6.45, 7) is 5.86. The summed E-state index contributed by atoms with van der Waals surface area (Å²) in [4.78, 5) is 12.4. The highest BCUT2D eigenvalue weighted by Gasteiger charge is 2.19. The Hall–Kier alpha value is -2.49. The summed E-state index contributed by atoms with van der Waals surface area (Å²) in [6.07, 6.45) is 0.0460. The molecule has 0 aliphatic heterocycles. The number of ether oxygens (including phenoxy) is 1. The fourth-order valence-corrected chi connectivity index (χ4v) is 2.09. The number of aryl methyl sites for hydroxylation is 2. The molecular formula is C18H22N2O2. The Kier molecular flexibility index (Phi) is 5.04. The summed E-state index contributed by atoms with van der Waals surface area (Å²) in [5, 5.41) is 2.89. The Labute approximate surface area is 131 Å². The lowest BCUT2D eigenvalue weighted by Gasteiger charge is -2.18. The molecule has 0 saturated heterocycles. The van der Waals surface area contributed by atoms with Gasteiger partial charge in [-0.25, -0.2) is 0 Å². The number of hydrogen-bond donors (Lipinski definition) is 2. The van der Waals surface area contributed by atoms with Crippen molar-refractivity contribution in [3.8, 4) is 5.75 Å². The zero-order valence-corrected chi connectivity index (χ0v) is 13.2. The van der Waals surface area contributed by atoms with Gasteiger partial charge in [-0.3, -0.25) is 4.79 Å². The molecule has 0 unspecified atom stereocenters. The average Bonchev–Trinajstić information content (AvgIpc) is 2.50. The van der Waals surface area contributed by atoms with E-state index < -0.39 is 6.10 Å². The SMILES string of the molecule is CC[C@H](Oc1ccc(C)cc1)C(=O)Nc1cc(N)ccc1C. The number of carbonyl (C=O) groups excluding carboxylic acids is 1. The number of carbonyl (C=O) groups is 1. The van der Waals surface area contributed by atoms with E-state index in [2.05, 4.69) is 5.32 Å². The fourth-order valence-electron chi connectivity index (χ4n) is 2.09. The average molecular weight is 298 g/mol. The molecule has 2 aromatic rings. The molecule has 0 radical (unpaired) electrons. The van der Waals surface area contributed by atoms with Gasteiger partial charge in [-0.1, -0.05) is 30.7 Å². The van der Waals surface area contributed by atoms with Gasteiger partial charge in [0.15, 0.2) is 6.10 Å². The van der Waals surface area contributed by atoms with Gasteiger partial charge in [-0.05, 0) is 50.1 Å². The highest BCUT2D eigenvalue weighted by atomic mass is 16.5. The maximum atomic E-state index is 12.4. The van der Waals surface area contributed by atoms with Crippen molar-refractivity contribution in [3.05, 3.63) is 53.6 Å². The predicted octanol–water partition coefficient (Wildman–Crippen LogP) is 3.68. The first-order valence-corrected chi connectivity index (χ1v) is 7.40. The Balaban J connectivity index is 2.08. The van der Waals surface area contributed by atoms with Gasteiger partial charge in [0.25, 0.3) is 5.91 Å². The second-order valence-electron chi connectivity index (χ2n) is 5.39. The van der Waals surface area contributed by atoms with Crippen molar-refractivity contribution in [1.82, 2.24) is 0 Å². The standard InChI is InChI=1S/C18H22N2O2/c1-4-17(22-15-9-5-12(2)6-10-15)18(21)20-16-11-14(19)8-7-13(16)3/h5-11,17H,4,19H2,1-3H3,(H,20,21)/t17-/m0/s1. The molecule has 116 valence electrons. The van der Waals surface area contributed by atoms with E-state index in [1.165, 1.54) is 0 Å². The summed E-state index contributed by atoms with van der Waals surface area (Å²) in [6, 6.07) is 13.1. The van der Waals surface area contributed by atoms with Crippen molar-refractivity contribution in [2.45, 2.75) is 33.3 Å². The predicted molar refractivity (Wildman–Crippen MR) is 90.1 cm³/mol. The van der Waals surface area contributed by atoms with Crippen molar-refractivity contribution < 1.29 is 9.53 Å². The molecule has 0 aromatic heterocycles. The zero-order chi connectivity index (χ0) is 16.1. The number of hydrogen-bond acceptors (Lipinski definition) is 3. The van der Waals surface area contributed by atoms with E-state index in [4.69, 9.17) is 10.5 Å². The van der Waals surface area contributed by atoms with Crippen LogP contribution in [0, 0.1) is 13.8 Å². The molecular weight excluding hydrogens is 276 g/mol. The van der Waals surface area contributed by atoms with E-state index >= 15 is 0 Å². The van der Waals surface area contributed by atoms with Gasteiger partial charge in [-0.2, -0.15) is 0 Å². The molecule has 0 spiro atoms. The largest absolute Gasteiger partial charge is 0.481 e. The zero-order valence-electron chi connectivity index (χ0n) is 13.2. The number of nitrogen functional groups attached to an aromatic ring is 1. The summed E-state index contributed by atoms with van der Waals surface area (Å²) >= 11 is 0. The van der Waals surface area contributed by atoms with Crippen LogP contribution in [0.25, 0.3) is 0 Å². The minimum Gasteiger partial charge on any atom is -0.481 e. The molecule has 0 saturated carbocycles. The van der Waals surface area contributed by atoms with Crippen LogP contribution in [0.15, 0.2) is 42.5 Å². The van der Waals surface area contributed by atoms with Gasteiger partial charge in [0.2, 0.25) is 0 Å². The minimum atomic E-state index is -0.538. The van der Waals surface area contributed by atoms with E-state index in [9.17, 15) is 4.79 Å². The van der Waals surface area contributed by atoms with Crippen molar-refractivity contribution >= 4 is 17.3 Å². The lowest BCUT2D eigenvalue weighted by molar-refractivity contribution is -0.122. The third kappa shape index (κ3) is 4.01. The van der Waals surface area contributed by atoms with Crippen LogP contribution >= 0.6 is 0 Å². The number of anilines is 2. The summed E-state index contributed by atoms with van der Waals surface area (Å²) in [7, 11) is 0. The van der Waals surface area contributed by atoms with Crippen LogP contribution in [0.2, 0.25) is 0 Å². The van der Waals surface area contributed by atoms with Gasteiger partial charge in [-0.15, -0.1) is 0 Å². The van der Waals surface area contributed by atoms with Crippen LogP contribution in [0.1, 0.15) is 24.5 Å². The molecule has 0 aliphatic carbocycles. The summed E-state index contributed by atoms with van der Waals surface area (Å²) < 4.78 is 5.78. The number of nitrogens with two attached hydrogens (primary N) is 1. The molecule has 1 amide bonds. The Morgan fingerprint density at radius 3 is 2.50 bits per heavy atom. The molecule has 0 bridgehead atoms. The van der Waals surface area contributed by atoms with Crippen LogP contribution in [0.3, 0.4) is 0 Å². The van der Waals surface area contributed by atoms with Crippen LogP contribution in [-0.4, -0.2) is 12.0 Å². The van der Waals surface area contributed by atoms with E-state index in [1.54, 1.807) is 6.07 Å². The first-order chi connectivity index (χ1) is 10.5. The van der Waals surface area contributed by atoms with Gasteiger partial charge in [0.1, 0.15) is 5.75 Å². The van der Waals surface area contributed by atoms with E-state index in [-0.39, 0.29) is 5.91 Å². The number of rotatable bonds is 5. The molecule has 0 aliphatic rings. The molecule has 2 aromatic carbocycles. The van der Waals surface area contributed by atoms with Crippen LogP contribution in [-0.2, 0) is 4.79 Å². The number of nitrogens with one attached hydrogen (secondary N) is 1. The highest BCUT2D eigenvalue weighted by Crippen LogP contribution is 2.20. The number of benzene rings is 2. The Morgan fingerprint density at radius 2 is 1.86 bits per heavy atom. The smallest absolute Gasteiger partial charge is 0.265 e. The third-order valence-corrected chi connectivity index (χ3v) is 3.48. The van der Waals surface area contributed by atoms with E-state index in [0.717, 1.165) is 16.8 Å². The monoisotopic (exact) mass is 298 g/mol. The Bertz CT molecular complexity index is 651. The normalized spacial score (nSPS) is 11.8. The first kappa shape index (κ1) is 15.9. The van der Waals surface area contributed by atoms with E-state index in [0.29, 0.717) is 17.9 Å². The van der Waals surface area contributed by atoms with Crippen molar-refractivity contribution in [1.29, 1.82) is 0 Å². The highest BCUT2D eigenvalue weighted by molar-refractivity contribution is 5.95. The topological polar surface area (TPSA) is 64.3 Å². The molecule has 4 nitrogen and oxygen atoms in total. The van der Waals surface area contributed by atoms with Crippen LogP contribution in [0.4, 0.5) is 11.4 Å².